The van der Waals surface area contributed by atoms with Crippen molar-refractivity contribution in [2.75, 3.05) is 13.1 Å². The molecule has 1 N–H and O–H groups in total. The van der Waals surface area contributed by atoms with E-state index >= 15 is 0 Å². The molecule has 1 amide bonds. The molecule has 1 saturated heterocycles. The van der Waals surface area contributed by atoms with Crippen molar-refractivity contribution in [3.8, 4) is 0 Å². The van der Waals surface area contributed by atoms with E-state index < -0.39 is 0 Å². The maximum Gasteiger partial charge on any atom is 0.252 e. The molecular formula is C22H27N5O. The third-order valence-electron chi connectivity index (χ3n) is 5.42. The molecule has 0 radical (unpaired) electrons. The van der Waals surface area contributed by atoms with Crippen LogP contribution >= 0.6 is 0 Å². The van der Waals surface area contributed by atoms with Gasteiger partial charge in [0.1, 0.15) is 0 Å². The highest BCUT2D eigenvalue weighted by atomic mass is 16.1. The Balaban J connectivity index is 1.45. The van der Waals surface area contributed by atoms with Crippen molar-refractivity contribution in [1.82, 2.24) is 25.0 Å². The number of likely N-dealkylation sites (tertiary alicyclic amines) is 1. The summed E-state index contributed by atoms with van der Waals surface area (Å²) in [5.74, 6) is -0.0901. The monoisotopic (exact) mass is 377 g/mol. The molecule has 28 heavy (non-hydrogen) atoms. The van der Waals surface area contributed by atoms with Crippen LogP contribution in [0.3, 0.4) is 0 Å². The van der Waals surface area contributed by atoms with Crippen LogP contribution in [0.5, 0.6) is 0 Å². The number of hydrogen-bond acceptors (Lipinski definition) is 4. The zero-order valence-corrected chi connectivity index (χ0v) is 16.8. The fourth-order valence-corrected chi connectivity index (χ4v) is 3.99. The van der Waals surface area contributed by atoms with E-state index in [9.17, 15) is 4.79 Å². The van der Waals surface area contributed by atoms with Gasteiger partial charge in [-0.05, 0) is 57.0 Å². The van der Waals surface area contributed by atoms with Crippen molar-refractivity contribution in [1.29, 1.82) is 0 Å². The van der Waals surface area contributed by atoms with E-state index in [0.717, 1.165) is 34.5 Å². The minimum atomic E-state index is -0.0901. The summed E-state index contributed by atoms with van der Waals surface area (Å²) in [5.41, 5.74) is 5.44. The third-order valence-corrected chi connectivity index (χ3v) is 5.42. The second-order valence-electron chi connectivity index (χ2n) is 7.70. The summed E-state index contributed by atoms with van der Waals surface area (Å²) in [6.07, 6.45) is 2.62. The topological polar surface area (TPSA) is 63.1 Å². The summed E-state index contributed by atoms with van der Waals surface area (Å²) < 4.78 is 1.73. The lowest BCUT2D eigenvalue weighted by molar-refractivity contribution is 0.0952. The van der Waals surface area contributed by atoms with Crippen LogP contribution in [0.15, 0.2) is 30.3 Å². The Morgan fingerprint density at radius 2 is 1.79 bits per heavy atom. The molecule has 1 aromatic carbocycles. The number of nitrogens with one attached hydrogen (secondary N) is 1. The maximum atomic E-state index is 12.9. The van der Waals surface area contributed by atoms with Crippen molar-refractivity contribution >= 4 is 16.9 Å². The van der Waals surface area contributed by atoms with Gasteiger partial charge in [-0.1, -0.05) is 24.3 Å². The van der Waals surface area contributed by atoms with E-state index in [0.29, 0.717) is 12.1 Å². The SMILES string of the molecule is Cc1cc(C(=O)NCc2ccc(CN3CCCC3)cc2)c2c(C)nn(C)c2n1. The Labute approximate surface area is 165 Å². The first-order valence-electron chi connectivity index (χ1n) is 9.90. The van der Waals surface area contributed by atoms with Gasteiger partial charge in [0.15, 0.2) is 5.65 Å². The molecule has 0 atom stereocenters. The minimum absolute atomic E-state index is 0.0901. The Hall–Kier alpha value is -2.73. The van der Waals surface area contributed by atoms with Gasteiger partial charge in [-0.15, -0.1) is 0 Å². The van der Waals surface area contributed by atoms with Crippen molar-refractivity contribution < 1.29 is 4.79 Å². The number of hydrogen-bond donors (Lipinski definition) is 1. The number of aryl methyl sites for hydroxylation is 3. The Kier molecular flexibility index (Phi) is 5.13. The molecular weight excluding hydrogens is 350 g/mol. The van der Waals surface area contributed by atoms with Gasteiger partial charge >= 0.3 is 0 Å². The number of aromatic nitrogens is 3. The number of carbonyl (C=O) groups excluding carboxylic acids is 1. The molecule has 3 heterocycles. The van der Waals surface area contributed by atoms with Crippen LogP contribution in [0.25, 0.3) is 11.0 Å². The van der Waals surface area contributed by atoms with Gasteiger partial charge in [-0.25, -0.2) is 4.98 Å². The quantitative estimate of drug-likeness (QED) is 0.742. The van der Waals surface area contributed by atoms with Crippen LogP contribution in [0.2, 0.25) is 0 Å². The van der Waals surface area contributed by atoms with E-state index in [1.165, 1.54) is 31.5 Å². The summed E-state index contributed by atoms with van der Waals surface area (Å²) in [6.45, 7) is 7.73. The van der Waals surface area contributed by atoms with E-state index in [-0.39, 0.29) is 5.91 Å². The predicted molar refractivity (Wildman–Crippen MR) is 110 cm³/mol. The molecule has 146 valence electrons. The van der Waals surface area contributed by atoms with Crippen LogP contribution in [-0.4, -0.2) is 38.7 Å². The standard InChI is InChI=1S/C22H27N5O/c1-15-12-19(20-16(2)25-26(3)21(20)24-15)22(28)23-13-17-6-8-18(9-7-17)14-27-10-4-5-11-27/h6-9,12H,4-5,10-11,13-14H2,1-3H3,(H,23,28). The lowest BCUT2D eigenvalue weighted by atomic mass is 10.1. The molecule has 2 aromatic heterocycles. The fraction of sp³-hybridized carbons (Fsp3) is 0.409. The first-order chi connectivity index (χ1) is 13.5. The van der Waals surface area contributed by atoms with Crippen molar-refractivity contribution in [2.45, 2.75) is 39.8 Å². The molecule has 0 aliphatic carbocycles. The Morgan fingerprint density at radius 3 is 2.50 bits per heavy atom. The lowest BCUT2D eigenvalue weighted by Gasteiger charge is -2.14. The largest absolute Gasteiger partial charge is 0.348 e. The molecule has 3 aromatic rings. The van der Waals surface area contributed by atoms with Crippen LogP contribution in [0, 0.1) is 13.8 Å². The molecule has 0 unspecified atom stereocenters. The lowest BCUT2D eigenvalue weighted by Crippen LogP contribution is -2.23. The predicted octanol–water partition coefficient (Wildman–Crippen LogP) is 3.11. The number of amides is 1. The average Bonchev–Trinajstić information content (AvgIpc) is 3.28. The summed E-state index contributed by atoms with van der Waals surface area (Å²) in [6, 6.07) is 10.4. The van der Waals surface area contributed by atoms with Gasteiger partial charge in [0.2, 0.25) is 0 Å². The van der Waals surface area contributed by atoms with Crippen LogP contribution in [-0.2, 0) is 20.1 Å². The number of benzene rings is 1. The number of nitrogens with zero attached hydrogens (tertiary/aromatic N) is 4. The molecule has 6 heteroatoms. The smallest absolute Gasteiger partial charge is 0.252 e. The molecule has 1 fully saturated rings. The molecule has 0 saturated carbocycles. The zero-order valence-electron chi connectivity index (χ0n) is 16.8. The zero-order chi connectivity index (χ0) is 19.7. The van der Waals surface area contributed by atoms with Crippen molar-refractivity contribution in [2.24, 2.45) is 7.05 Å². The Morgan fingerprint density at radius 1 is 1.11 bits per heavy atom. The van der Waals surface area contributed by atoms with Crippen LogP contribution in [0.4, 0.5) is 0 Å². The van der Waals surface area contributed by atoms with Crippen molar-refractivity contribution in [3.05, 3.63) is 58.4 Å². The van der Waals surface area contributed by atoms with Crippen LogP contribution < -0.4 is 5.32 Å². The number of pyridine rings is 1. The number of carbonyl (C=O) groups is 1. The highest BCUT2D eigenvalue weighted by Crippen LogP contribution is 2.21. The van der Waals surface area contributed by atoms with Crippen LogP contribution in [0.1, 0.15) is 45.7 Å². The molecule has 1 aliphatic heterocycles. The average molecular weight is 377 g/mol. The third kappa shape index (κ3) is 3.78. The van der Waals surface area contributed by atoms with Gasteiger partial charge in [0, 0.05) is 25.8 Å². The molecule has 6 nitrogen and oxygen atoms in total. The Bertz CT molecular complexity index is 1000. The second kappa shape index (κ2) is 7.72. The summed E-state index contributed by atoms with van der Waals surface area (Å²) >= 11 is 0. The summed E-state index contributed by atoms with van der Waals surface area (Å²) in [5, 5.41) is 8.29. The van der Waals surface area contributed by atoms with Gasteiger partial charge < -0.3 is 5.32 Å². The van der Waals surface area contributed by atoms with E-state index in [1.807, 2.05) is 27.0 Å². The maximum absolute atomic E-state index is 12.9. The van der Waals surface area contributed by atoms with E-state index in [4.69, 9.17) is 0 Å². The van der Waals surface area contributed by atoms with E-state index in [2.05, 4.69) is 44.6 Å². The van der Waals surface area contributed by atoms with Gasteiger partial charge in [-0.3, -0.25) is 14.4 Å². The van der Waals surface area contributed by atoms with Gasteiger partial charge in [0.25, 0.3) is 5.91 Å². The molecule has 0 spiro atoms. The van der Waals surface area contributed by atoms with E-state index in [1.54, 1.807) is 4.68 Å². The van der Waals surface area contributed by atoms with Gasteiger partial charge in [0.05, 0.1) is 16.6 Å². The highest BCUT2D eigenvalue weighted by Gasteiger charge is 2.17. The van der Waals surface area contributed by atoms with Gasteiger partial charge in [-0.2, -0.15) is 5.10 Å². The van der Waals surface area contributed by atoms with Crippen molar-refractivity contribution in [3.63, 3.8) is 0 Å². The first-order valence-corrected chi connectivity index (χ1v) is 9.90. The molecule has 4 rings (SSSR count). The minimum Gasteiger partial charge on any atom is -0.348 e. The fourth-order valence-electron chi connectivity index (χ4n) is 3.99. The first kappa shape index (κ1) is 18.6. The second-order valence-corrected chi connectivity index (χ2v) is 7.70. The number of rotatable bonds is 5. The molecule has 1 aliphatic rings. The summed E-state index contributed by atoms with van der Waals surface area (Å²) in [7, 11) is 1.85. The number of fused-ring (bicyclic) bond motifs is 1. The summed E-state index contributed by atoms with van der Waals surface area (Å²) in [4.78, 5) is 19.9. The normalized spacial score (nSPS) is 14.7. The molecule has 0 bridgehead atoms. The highest BCUT2D eigenvalue weighted by molar-refractivity contribution is 6.06.